The summed E-state index contributed by atoms with van der Waals surface area (Å²) in [5.41, 5.74) is 6.51. The lowest BCUT2D eigenvalue weighted by Gasteiger charge is -2.11. The van der Waals surface area contributed by atoms with Crippen LogP contribution in [0.3, 0.4) is 0 Å². The third-order valence-electron chi connectivity index (χ3n) is 1.97. The van der Waals surface area contributed by atoms with Crippen LogP contribution in [-0.4, -0.2) is 10.1 Å². The molecule has 4 nitrogen and oxygen atoms in total. The molecule has 0 saturated heterocycles. The van der Waals surface area contributed by atoms with E-state index in [1.807, 2.05) is 0 Å². The van der Waals surface area contributed by atoms with Crippen molar-refractivity contribution in [3.63, 3.8) is 0 Å². The van der Waals surface area contributed by atoms with Crippen LogP contribution in [-0.2, 0) is 0 Å². The Morgan fingerprint density at radius 3 is 2.47 bits per heavy atom. The molecular formula is C9H7Cl2N3O. The predicted octanol–water partition coefficient (Wildman–Crippen LogP) is 2.42. The Hall–Kier alpha value is -1.10. The summed E-state index contributed by atoms with van der Waals surface area (Å²) in [6, 6.07) is 4.59. The fourth-order valence-corrected chi connectivity index (χ4v) is 1.89. The maximum absolute atomic E-state index is 5.99. The first kappa shape index (κ1) is 10.4. The summed E-state index contributed by atoms with van der Waals surface area (Å²) in [4.78, 5) is 3.85. The van der Waals surface area contributed by atoms with E-state index in [9.17, 15) is 0 Å². The third kappa shape index (κ3) is 1.97. The smallest absolute Gasteiger partial charge is 0.213 e. The van der Waals surface area contributed by atoms with Gasteiger partial charge >= 0.3 is 0 Å². The van der Waals surface area contributed by atoms with Gasteiger partial charge in [-0.2, -0.15) is 4.98 Å². The molecule has 6 heteroatoms. The van der Waals surface area contributed by atoms with Gasteiger partial charge in [0.2, 0.25) is 6.39 Å². The number of rotatable bonds is 2. The number of hydrogen-bond acceptors (Lipinski definition) is 4. The van der Waals surface area contributed by atoms with Gasteiger partial charge in [-0.3, -0.25) is 0 Å². The molecule has 1 atom stereocenters. The second-order valence-corrected chi connectivity index (χ2v) is 3.72. The van der Waals surface area contributed by atoms with Crippen molar-refractivity contribution in [3.05, 3.63) is 46.0 Å². The summed E-state index contributed by atoms with van der Waals surface area (Å²) in [6.45, 7) is 0. The van der Waals surface area contributed by atoms with Crippen LogP contribution in [0.15, 0.2) is 29.1 Å². The summed E-state index contributed by atoms with van der Waals surface area (Å²) in [7, 11) is 0. The number of hydrogen-bond donors (Lipinski definition) is 1. The lowest BCUT2D eigenvalue weighted by molar-refractivity contribution is 0.407. The van der Waals surface area contributed by atoms with Crippen LogP contribution < -0.4 is 5.73 Å². The van der Waals surface area contributed by atoms with Crippen LogP contribution in [0.5, 0.6) is 0 Å². The summed E-state index contributed by atoms with van der Waals surface area (Å²) in [5.74, 6) is 0.352. The van der Waals surface area contributed by atoms with Crippen LogP contribution in [0.1, 0.15) is 17.4 Å². The van der Waals surface area contributed by atoms with E-state index in [0.29, 0.717) is 21.4 Å². The molecular weight excluding hydrogens is 237 g/mol. The Morgan fingerprint density at radius 1 is 1.27 bits per heavy atom. The molecule has 0 fully saturated rings. The number of nitrogens with zero attached hydrogens (tertiary/aromatic N) is 2. The highest BCUT2D eigenvalue weighted by atomic mass is 35.5. The molecule has 0 aliphatic heterocycles. The highest BCUT2D eigenvalue weighted by Crippen LogP contribution is 2.31. The Kier molecular flexibility index (Phi) is 2.90. The third-order valence-corrected chi connectivity index (χ3v) is 2.63. The summed E-state index contributed by atoms with van der Waals surface area (Å²) in [5, 5.41) is 4.62. The van der Waals surface area contributed by atoms with Gasteiger partial charge < -0.3 is 10.3 Å². The first-order chi connectivity index (χ1) is 7.20. The van der Waals surface area contributed by atoms with Crippen molar-refractivity contribution in [3.8, 4) is 0 Å². The predicted molar refractivity (Wildman–Crippen MR) is 56.8 cm³/mol. The van der Waals surface area contributed by atoms with Crippen LogP contribution in [0.25, 0.3) is 0 Å². The molecule has 2 aromatic rings. The van der Waals surface area contributed by atoms with E-state index in [1.54, 1.807) is 18.2 Å². The zero-order valence-corrected chi connectivity index (χ0v) is 9.03. The summed E-state index contributed by atoms with van der Waals surface area (Å²) in [6.07, 6.45) is 1.21. The Balaban J connectivity index is 2.46. The minimum atomic E-state index is -0.579. The number of nitrogens with two attached hydrogens (primary N) is 1. The minimum Gasteiger partial charge on any atom is -0.343 e. The van der Waals surface area contributed by atoms with Gasteiger partial charge in [0.15, 0.2) is 5.82 Å². The average molecular weight is 244 g/mol. The van der Waals surface area contributed by atoms with Gasteiger partial charge in [-0.05, 0) is 12.1 Å². The van der Waals surface area contributed by atoms with E-state index in [-0.39, 0.29) is 0 Å². The molecule has 0 aliphatic rings. The number of benzene rings is 1. The standard InChI is InChI=1S/C9H7Cl2N3O/c10-5-2-1-3-6(11)7(5)8(12)9-13-4-15-14-9/h1-4,8H,12H2. The fourth-order valence-electron chi connectivity index (χ4n) is 1.25. The molecule has 2 rings (SSSR count). The molecule has 15 heavy (non-hydrogen) atoms. The summed E-state index contributed by atoms with van der Waals surface area (Å²) < 4.78 is 4.61. The monoisotopic (exact) mass is 243 g/mol. The van der Waals surface area contributed by atoms with E-state index in [2.05, 4.69) is 14.7 Å². The molecule has 0 spiro atoms. The second-order valence-electron chi connectivity index (χ2n) is 2.90. The SMILES string of the molecule is NC(c1ncon1)c1c(Cl)cccc1Cl. The van der Waals surface area contributed by atoms with Crippen LogP contribution in [0.4, 0.5) is 0 Å². The van der Waals surface area contributed by atoms with Crippen LogP contribution >= 0.6 is 23.2 Å². The molecule has 1 unspecified atom stereocenters. The van der Waals surface area contributed by atoms with E-state index < -0.39 is 6.04 Å². The highest BCUT2D eigenvalue weighted by Gasteiger charge is 2.19. The van der Waals surface area contributed by atoms with Gasteiger partial charge in [0.1, 0.15) is 0 Å². The quantitative estimate of drug-likeness (QED) is 0.880. The molecule has 0 aliphatic carbocycles. The van der Waals surface area contributed by atoms with Crippen molar-refractivity contribution in [1.82, 2.24) is 10.1 Å². The molecule has 0 bridgehead atoms. The minimum absolute atomic E-state index is 0.352. The molecule has 1 heterocycles. The lowest BCUT2D eigenvalue weighted by atomic mass is 10.1. The first-order valence-electron chi connectivity index (χ1n) is 4.16. The second kappa shape index (κ2) is 4.18. The lowest BCUT2D eigenvalue weighted by Crippen LogP contribution is -2.14. The fraction of sp³-hybridized carbons (Fsp3) is 0.111. The maximum Gasteiger partial charge on any atom is 0.213 e. The van der Waals surface area contributed by atoms with Crippen LogP contribution in [0, 0.1) is 0 Å². The van der Waals surface area contributed by atoms with Gasteiger partial charge in [0, 0.05) is 15.6 Å². The Bertz CT molecular complexity index is 438. The molecule has 0 amide bonds. The molecule has 0 radical (unpaired) electrons. The van der Waals surface area contributed by atoms with Crippen molar-refractivity contribution in [1.29, 1.82) is 0 Å². The van der Waals surface area contributed by atoms with Crippen molar-refractivity contribution < 1.29 is 4.52 Å². The number of halogens is 2. The van der Waals surface area contributed by atoms with Crippen molar-refractivity contribution >= 4 is 23.2 Å². The van der Waals surface area contributed by atoms with Crippen LogP contribution in [0.2, 0.25) is 10.0 Å². The number of aromatic nitrogens is 2. The zero-order chi connectivity index (χ0) is 10.8. The molecule has 78 valence electrons. The average Bonchev–Trinajstić information content (AvgIpc) is 2.69. The summed E-state index contributed by atoms with van der Waals surface area (Å²) >= 11 is 12.0. The molecule has 1 aromatic heterocycles. The van der Waals surface area contributed by atoms with Crippen molar-refractivity contribution in [2.45, 2.75) is 6.04 Å². The van der Waals surface area contributed by atoms with E-state index in [0.717, 1.165) is 0 Å². The van der Waals surface area contributed by atoms with E-state index in [1.165, 1.54) is 6.39 Å². The largest absolute Gasteiger partial charge is 0.343 e. The first-order valence-corrected chi connectivity index (χ1v) is 4.91. The molecule has 0 saturated carbocycles. The van der Waals surface area contributed by atoms with Crippen molar-refractivity contribution in [2.75, 3.05) is 0 Å². The maximum atomic E-state index is 5.99. The topological polar surface area (TPSA) is 64.9 Å². The van der Waals surface area contributed by atoms with Crippen molar-refractivity contribution in [2.24, 2.45) is 5.73 Å². The normalized spacial score (nSPS) is 12.7. The van der Waals surface area contributed by atoms with Gasteiger partial charge in [-0.25, -0.2) is 0 Å². The van der Waals surface area contributed by atoms with E-state index in [4.69, 9.17) is 28.9 Å². The van der Waals surface area contributed by atoms with Gasteiger partial charge in [0.25, 0.3) is 0 Å². The Morgan fingerprint density at radius 2 is 1.93 bits per heavy atom. The molecule has 2 N–H and O–H groups in total. The highest BCUT2D eigenvalue weighted by molar-refractivity contribution is 6.36. The van der Waals surface area contributed by atoms with Gasteiger partial charge in [0.05, 0.1) is 6.04 Å². The van der Waals surface area contributed by atoms with Gasteiger partial charge in [-0.15, -0.1) is 0 Å². The van der Waals surface area contributed by atoms with Gasteiger partial charge in [-0.1, -0.05) is 34.4 Å². The Labute approximate surface area is 96.0 Å². The molecule has 1 aromatic carbocycles. The zero-order valence-electron chi connectivity index (χ0n) is 7.52. The van der Waals surface area contributed by atoms with E-state index >= 15 is 0 Å².